The Morgan fingerprint density at radius 2 is 1.66 bits per heavy atom. The van der Waals surface area contributed by atoms with Crippen LogP contribution in [0, 0.1) is 0 Å². The lowest BCUT2D eigenvalue weighted by Gasteiger charge is -2.25. The summed E-state index contributed by atoms with van der Waals surface area (Å²) in [5.41, 5.74) is 3.70. The monoisotopic (exact) mass is 470 g/mol. The maximum atomic E-state index is 13.5. The van der Waals surface area contributed by atoms with Gasteiger partial charge in [0.25, 0.3) is 5.91 Å². The van der Waals surface area contributed by atoms with E-state index in [1.54, 1.807) is 31.2 Å². The molecule has 3 aromatic carbocycles. The summed E-state index contributed by atoms with van der Waals surface area (Å²) in [4.78, 5) is 15.6. The summed E-state index contributed by atoms with van der Waals surface area (Å²) in [7, 11) is 7.20. The van der Waals surface area contributed by atoms with Crippen molar-refractivity contribution in [2.24, 2.45) is 0 Å². The van der Waals surface area contributed by atoms with Crippen molar-refractivity contribution >= 4 is 5.91 Å². The fourth-order valence-electron chi connectivity index (χ4n) is 4.00. The van der Waals surface area contributed by atoms with E-state index < -0.39 is 0 Å². The molecule has 1 amide bonds. The van der Waals surface area contributed by atoms with E-state index in [1.807, 2.05) is 74.8 Å². The zero-order valence-corrected chi connectivity index (χ0v) is 20.4. The van der Waals surface area contributed by atoms with E-state index in [9.17, 15) is 4.79 Å². The van der Waals surface area contributed by atoms with Crippen molar-refractivity contribution in [2.45, 2.75) is 6.04 Å². The van der Waals surface area contributed by atoms with Gasteiger partial charge in [-0.3, -0.25) is 4.79 Å². The molecule has 7 nitrogen and oxygen atoms in total. The lowest BCUT2D eigenvalue weighted by Crippen LogP contribution is -2.34. The van der Waals surface area contributed by atoms with Gasteiger partial charge in [0.1, 0.15) is 17.2 Å². The molecular formula is C28H30N4O3. The summed E-state index contributed by atoms with van der Waals surface area (Å²) in [5, 5.41) is 7.90. The average Bonchev–Trinajstić information content (AvgIpc) is 3.34. The topological polar surface area (TPSA) is 68.6 Å². The van der Waals surface area contributed by atoms with E-state index in [4.69, 9.17) is 14.6 Å². The van der Waals surface area contributed by atoms with Gasteiger partial charge in [-0.15, -0.1) is 0 Å². The molecule has 0 aliphatic carbocycles. The molecule has 35 heavy (non-hydrogen) atoms. The molecule has 0 spiro atoms. The molecule has 0 saturated heterocycles. The van der Waals surface area contributed by atoms with Gasteiger partial charge in [0.2, 0.25) is 0 Å². The van der Waals surface area contributed by atoms with Crippen LogP contribution in [0.5, 0.6) is 11.5 Å². The van der Waals surface area contributed by atoms with Gasteiger partial charge in [0.15, 0.2) is 0 Å². The second kappa shape index (κ2) is 10.9. The summed E-state index contributed by atoms with van der Waals surface area (Å²) in [6.07, 6.45) is 1.76. The van der Waals surface area contributed by atoms with Crippen molar-refractivity contribution < 1.29 is 14.3 Å². The fraction of sp³-hybridized carbons (Fsp3) is 0.214. The van der Waals surface area contributed by atoms with Crippen LogP contribution in [-0.2, 0) is 0 Å². The third kappa shape index (κ3) is 5.36. The number of hydrogen-bond donors (Lipinski definition) is 1. The molecule has 0 aliphatic heterocycles. The van der Waals surface area contributed by atoms with Crippen LogP contribution >= 0.6 is 0 Å². The molecule has 4 rings (SSSR count). The number of rotatable bonds is 9. The van der Waals surface area contributed by atoms with Crippen LogP contribution in [0.2, 0.25) is 0 Å². The molecule has 0 aliphatic rings. The first-order valence-electron chi connectivity index (χ1n) is 11.4. The summed E-state index contributed by atoms with van der Waals surface area (Å²) in [6.45, 7) is 0.450. The predicted molar refractivity (Wildman–Crippen MR) is 137 cm³/mol. The number of amides is 1. The van der Waals surface area contributed by atoms with Gasteiger partial charge in [-0.2, -0.15) is 5.10 Å². The number of para-hydroxylation sites is 1. The van der Waals surface area contributed by atoms with Crippen LogP contribution in [0.4, 0.5) is 0 Å². The first-order chi connectivity index (χ1) is 17.0. The minimum Gasteiger partial charge on any atom is -0.497 e. The number of likely N-dealkylation sites (N-methyl/N-ethyl adjacent to an activating group) is 1. The van der Waals surface area contributed by atoms with Gasteiger partial charge >= 0.3 is 0 Å². The van der Waals surface area contributed by atoms with Crippen LogP contribution in [0.1, 0.15) is 22.0 Å². The standard InChI is InChI=1S/C28H30N4O3/c1-31(2)25(20-11-7-5-8-12-20)18-29-28(33)24-19-32(21-13-9-6-10-14-21)30-27(24)23-16-15-22(34-3)17-26(23)35-4/h5-17,19,25H,18H2,1-4H3,(H,29,33). The SMILES string of the molecule is COc1ccc(-c2nn(-c3ccccc3)cc2C(=O)NCC(c2ccccc2)N(C)C)c(OC)c1. The molecule has 1 N–H and O–H groups in total. The van der Waals surface area contributed by atoms with E-state index >= 15 is 0 Å². The molecular weight excluding hydrogens is 440 g/mol. The Bertz CT molecular complexity index is 1270. The molecule has 0 fully saturated rings. The number of nitrogens with one attached hydrogen (secondary N) is 1. The third-order valence-corrected chi connectivity index (χ3v) is 5.91. The Hall–Kier alpha value is -4.10. The lowest BCUT2D eigenvalue weighted by molar-refractivity contribution is 0.0942. The number of nitrogens with zero attached hydrogens (tertiary/aromatic N) is 3. The number of carbonyl (C=O) groups excluding carboxylic acids is 1. The molecule has 0 saturated carbocycles. The predicted octanol–water partition coefficient (Wildman–Crippen LogP) is 4.59. The molecule has 4 aromatic rings. The molecule has 1 heterocycles. The highest BCUT2D eigenvalue weighted by Crippen LogP contribution is 2.35. The number of aromatic nitrogens is 2. The molecule has 1 atom stereocenters. The van der Waals surface area contributed by atoms with E-state index in [0.717, 1.165) is 11.3 Å². The van der Waals surface area contributed by atoms with Gasteiger partial charge in [-0.05, 0) is 43.9 Å². The van der Waals surface area contributed by atoms with E-state index in [1.165, 1.54) is 0 Å². The number of methoxy groups -OCH3 is 2. The van der Waals surface area contributed by atoms with Gasteiger partial charge in [-0.25, -0.2) is 4.68 Å². The van der Waals surface area contributed by atoms with Crippen molar-refractivity contribution in [2.75, 3.05) is 34.9 Å². The lowest BCUT2D eigenvalue weighted by atomic mass is 10.0. The summed E-state index contributed by atoms with van der Waals surface area (Å²) in [5.74, 6) is 1.03. The van der Waals surface area contributed by atoms with Crippen LogP contribution < -0.4 is 14.8 Å². The highest BCUT2D eigenvalue weighted by molar-refractivity contribution is 6.00. The number of carbonyl (C=O) groups is 1. The smallest absolute Gasteiger partial charge is 0.255 e. The van der Waals surface area contributed by atoms with E-state index in [2.05, 4.69) is 22.3 Å². The minimum absolute atomic E-state index is 0.0308. The first kappa shape index (κ1) is 24.0. The van der Waals surface area contributed by atoms with Gasteiger partial charge < -0.3 is 19.7 Å². The number of ether oxygens (including phenoxy) is 2. The third-order valence-electron chi connectivity index (χ3n) is 5.91. The Kier molecular flexibility index (Phi) is 7.48. The second-order valence-corrected chi connectivity index (χ2v) is 8.34. The van der Waals surface area contributed by atoms with Crippen molar-refractivity contribution in [3.05, 3.63) is 96.2 Å². The second-order valence-electron chi connectivity index (χ2n) is 8.34. The minimum atomic E-state index is -0.206. The Morgan fingerprint density at radius 1 is 0.971 bits per heavy atom. The van der Waals surface area contributed by atoms with Crippen LogP contribution in [-0.4, -0.2) is 55.4 Å². The van der Waals surface area contributed by atoms with Crippen molar-refractivity contribution in [1.82, 2.24) is 20.0 Å². The maximum absolute atomic E-state index is 13.5. The van der Waals surface area contributed by atoms with Gasteiger partial charge in [0, 0.05) is 24.4 Å². The quantitative estimate of drug-likeness (QED) is 0.388. The van der Waals surface area contributed by atoms with E-state index in [0.29, 0.717) is 34.9 Å². The zero-order valence-electron chi connectivity index (χ0n) is 20.4. The van der Waals surface area contributed by atoms with Crippen molar-refractivity contribution in [3.8, 4) is 28.4 Å². The van der Waals surface area contributed by atoms with E-state index in [-0.39, 0.29) is 11.9 Å². The highest BCUT2D eigenvalue weighted by atomic mass is 16.5. The normalized spacial score (nSPS) is 11.8. The Balaban J connectivity index is 1.70. The summed E-state index contributed by atoms with van der Waals surface area (Å²) in [6, 6.07) is 25.4. The molecule has 0 bridgehead atoms. The average molecular weight is 471 g/mol. The van der Waals surface area contributed by atoms with Crippen LogP contribution in [0.3, 0.4) is 0 Å². The van der Waals surface area contributed by atoms with Crippen LogP contribution in [0.15, 0.2) is 85.1 Å². The summed E-state index contributed by atoms with van der Waals surface area (Å²) < 4.78 is 12.7. The first-order valence-corrected chi connectivity index (χ1v) is 11.4. The molecule has 0 radical (unpaired) electrons. The number of benzene rings is 3. The van der Waals surface area contributed by atoms with Crippen LogP contribution in [0.25, 0.3) is 16.9 Å². The number of hydrogen-bond acceptors (Lipinski definition) is 5. The van der Waals surface area contributed by atoms with Gasteiger partial charge in [0.05, 0.1) is 31.5 Å². The maximum Gasteiger partial charge on any atom is 0.255 e. The zero-order chi connectivity index (χ0) is 24.8. The summed E-state index contributed by atoms with van der Waals surface area (Å²) >= 11 is 0. The Morgan fingerprint density at radius 3 is 2.29 bits per heavy atom. The Labute approximate surface area is 205 Å². The largest absolute Gasteiger partial charge is 0.497 e. The molecule has 7 heteroatoms. The molecule has 1 aromatic heterocycles. The van der Waals surface area contributed by atoms with Gasteiger partial charge in [-0.1, -0.05) is 48.5 Å². The highest BCUT2D eigenvalue weighted by Gasteiger charge is 2.23. The van der Waals surface area contributed by atoms with Crippen molar-refractivity contribution in [1.29, 1.82) is 0 Å². The fourth-order valence-corrected chi connectivity index (χ4v) is 4.00. The molecule has 180 valence electrons. The van der Waals surface area contributed by atoms with Crippen molar-refractivity contribution in [3.63, 3.8) is 0 Å². The molecule has 1 unspecified atom stereocenters.